The molecule has 1 N–H and O–H groups in total. The van der Waals surface area contributed by atoms with Crippen molar-refractivity contribution in [2.24, 2.45) is 11.8 Å². The van der Waals surface area contributed by atoms with Crippen molar-refractivity contribution in [3.05, 3.63) is 36.4 Å². The van der Waals surface area contributed by atoms with Crippen LogP contribution in [-0.2, 0) is 14.3 Å². The number of nitrogens with zero attached hydrogens (tertiary/aromatic N) is 1. The highest BCUT2D eigenvalue weighted by atomic mass is 16.5. The van der Waals surface area contributed by atoms with E-state index in [1.807, 2.05) is 6.08 Å². The number of benzene rings is 1. The van der Waals surface area contributed by atoms with Gasteiger partial charge in [0, 0.05) is 5.69 Å². The Morgan fingerprint density at radius 1 is 1.41 bits per heavy atom. The van der Waals surface area contributed by atoms with Crippen molar-refractivity contribution in [2.75, 3.05) is 18.6 Å². The van der Waals surface area contributed by atoms with Gasteiger partial charge in [-0.05, 0) is 24.3 Å². The van der Waals surface area contributed by atoms with Crippen LogP contribution in [0.15, 0.2) is 36.4 Å². The molecule has 6 nitrogen and oxygen atoms in total. The normalized spacial score (nSPS) is 35.0. The molecule has 1 spiro atoms. The van der Waals surface area contributed by atoms with Crippen LogP contribution in [0.3, 0.4) is 0 Å². The maximum absolute atomic E-state index is 12.8. The number of hydrogen-bond acceptors (Lipinski definition) is 4. The molecule has 2 fully saturated rings. The quantitative estimate of drug-likeness (QED) is 0.845. The zero-order chi connectivity index (χ0) is 15.5. The van der Waals surface area contributed by atoms with E-state index in [1.165, 1.54) is 0 Å². The molecular formula is C16H15NO5. The van der Waals surface area contributed by atoms with Gasteiger partial charge in [-0.25, -0.2) is 0 Å². The number of hydrogen-bond donors (Lipinski definition) is 1. The zero-order valence-electron chi connectivity index (χ0n) is 11.9. The summed E-state index contributed by atoms with van der Waals surface area (Å²) >= 11 is 0. The number of methoxy groups -OCH3 is 1. The maximum Gasteiger partial charge on any atom is 0.310 e. The summed E-state index contributed by atoms with van der Waals surface area (Å²) in [5.41, 5.74) is -0.0794. The summed E-state index contributed by atoms with van der Waals surface area (Å²) in [5.74, 6) is -1.92. The van der Waals surface area contributed by atoms with E-state index in [9.17, 15) is 14.7 Å². The van der Waals surface area contributed by atoms with Crippen molar-refractivity contribution in [2.45, 2.75) is 11.7 Å². The van der Waals surface area contributed by atoms with Crippen molar-refractivity contribution in [3.8, 4) is 5.75 Å². The summed E-state index contributed by atoms with van der Waals surface area (Å²) in [6.07, 6.45) is 3.12. The molecule has 1 aromatic carbocycles. The fourth-order valence-corrected chi connectivity index (χ4v) is 3.76. The molecule has 3 heterocycles. The molecule has 2 saturated heterocycles. The average molecular weight is 301 g/mol. The number of amides is 1. The summed E-state index contributed by atoms with van der Waals surface area (Å²) in [4.78, 5) is 25.9. The van der Waals surface area contributed by atoms with Gasteiger partial charge in [-0.2, -0.15) is 0 Å². The monoisotopic (exact) mass is 301 g/mol. The molecule has 0 aliphatic carbocycles. The van der Waals surface area contributed by atoms with Crippen LogP contribution in [0.25, 0.3) is 0 Å². The Bertz CT molecular complexity index is 682. The van der Waals surface area contributed by atoms with Crippen LogP contribution in [0.4, 0.5) is 5.69 Å². The first-order valence-electron chi connectivity index (χ1n) is 7.11. The Morgan fingerprint density at radius 3 is 2.77 bits per heavy atom. The third-order valence-corrected chi connectivity index (χ3v) is 4.77. The lowest BCUT2D eigenvalue weighted by atomic mass is 9.77. The molecule has 3 aliphatic heterocycles. The largest absolute Gasteiger partial charge is 0.497 e. The molecule has 4 rings (SSSR count). The number of carbonyl (C=O) groups is 2. The maximum atomic E-state index is 12.8. The van der Waals surface area contributed by atoms with E-state index >= 15 is 0 Å². The Hall–Kier alpha value is -2.34. The van der Waals surface area contributed by atoms with E-state index in [-0.39, 0.29) is 5.91 Å². The number of aliphatic carboxylic acids is 1. The third-order valence-electron chi connectivity index (χ3n) is 4.77. The number of ether oxygens (including phenoxy) is 2. The van der Waals surface area contributed by atoms with Gasteiger partial charge in [-0.3, -0.25) is 9.59 Å². The molecule has 0 aromatic heterocycles. The molecule has 1 amide bonds. The Morgan fingerprint density at radius 2 is 2.14 bits per heavy atom. The highest BCUT2D eigenvalue weighted by Crippen LogP contribution is 2.52. The first kappa shape index (κ1) is 13.3. The highest BCUT2D eigenvalue weighted by Gasteiger charge is 2.67. The Labute approximate surface area is 126 Å². The molecule has 0 radical (unpaired) electrons. The number of rotatable bonds is 3. The molecule has 2 bridgehead atoms. The van der Waals surface area contributed by atoms with Crippen molar-refractivity contribution in [1.29, 1.82) is 0 Å². The first-order valence-corrected chi connectivity index (χ1v) is 7.11. The molecular weight excluding hydrogens is 286 g/mol. The van der Waals surface area contributed by atoms with Gasteiger partial charge in [0.25, 0.3) is 0 Å². The van der Waals surface area contributed by atoms with Crippen LogP contribution < -0.4 is 9.64 Å². The SMILES string of the molecule is COc1ccc(N2C[C@@]34C=C[C@@H](O3)[C@H](C(=O)O)[C@H]4C2=O)cc1. The smallest absolute Gasteiger partial charge is 0.310 e. The number of carbonyl (C=O) groups excluding carboxylic acids is 1. The van der Waals surface area contributed by atoms with Gasteiger partial charge in [0.05, 0.1) is 25.7 Å². The van der Waals surface area contributed by atoms with E-state index in [2.05, 4.69) is 0 Å². The predicted octanol–water partition coefficient (Wildman–Crippen LogP) is 1.07. The zero-order valence-corrected chi connectivity index (χ0v) is 11.9. The lowest BCUT2D eigenvalue weighted by Gasteiger charge is -2.21. The van der Waals surface area contributed by atoms with E-state index < -0.39 is 29.5 Å². The van der Waals surface area contributed by atoms with Crippen LogP contribution in [0, 0.1) is 11.8 Å². The minimum atomic E-state index is -0.980. The second kappa shape index (κ2) is 4.33. The van der Waals surface area contributed by atoms with E-state index in [4.69, 9.17) is 9.47 Å². The molecule has 114 valence electrons. The van der Waals surface area contributed by atoms with Gasteiger partial charge in [0.2, 0.25) is 5.91 Å². The summed E-state index contributed by atoms with van der Waals surface area (Å²) in [7, 11) is 1.58. The van der Waals surface area contributed by atoms with Gasteiger partial charge >= 0.3 is 5.97 Å². The summed E-state index contributed by atoms with van der Waals surface area (Å²) in [6.45, 7) is 0.347. The summed E-state index contributed by atoms with van der Waals surface area (Å²) in [6, 6.07) is 7.13. The number of fused-ring (bicyclic) bond motifs is 1. The molecule has 1 aromatic rings. The minimum Gasteiger partial charge on any atom is -0.497 e. The second-order valence-electron chi connectivity index (χ2n) is 5.86. The van der Waals surface area contributed by atoms with Gasteiger partial charge in [-0.1, -0.05) is 12.2 Å². The average Bonchev–Trinajstić information content (AvgIpc) is 3.15. The number of anilines is 1. The highest BCUT2D eigenvalue weighted by molar-refractivity contribution is 6.02. The van der Waals surface area contributed by atoms with Crippen molar-refractivity contribution < 1.29 is 24.2 Å². The summed E-state index contributed by atoms with van der Waals surface area (Å²) < 4.78 is 11.0. The minimum absolute atomic E-state index is 0.190. The van der Waals surface area contributed by atoms with Crippen molar-refractivity contribution in [3.63, 3.8) is 0 Å². The van der Waals surface area contributed by atoms with Crippen LogP contribution in [0.1, 0.15) is 0 Å². The molecule has 4 atom stereocenters. The lowest BCUT2D eigenvalue weighted by Crippen LogP contribution is -2.39. The molecule has 22 heavy (non-hydrogen) atoms. The number of carboxylic acids is 1. The molecule has 6 heteroatoms. The van der Waals surface area contributed by atoms with E-state index in [1.54, 1.807) is 42.4 Å². The number of carboxylic acid groups (broad SMARTS) is 1. The van der Waals surface area contributed by atoms with Gasteiger partial charge in [0.1, 0.15) is 17.3 Å². The lowest BCUT2D eigenvalue weighted by molar-refractivity contribution is -0.146. The Balaban J connectivity index is 1.70. The fourth-order valence-electron chi connectivity index (χ4n) is 3.76. The Kier molecular flexibility index (Phi) is 2.62. The van der Waals surface area contributed by atoms with E-state index in [0.717, 1.165) is 5.69 Å². The first-order chi connectivity index (χ1) is 10.6. The van der Waals surface area contributed by atoms with Crippen LogP contribution in [0.5, 0.6) is 5.75 Å². The van der Waals surface area contributed by atoms with Gasteiger partial charge < -0.3 is 19.5 Å². The molecule has 3 aliphatic rings. The fraction of sp³-hybridized carbons (Fsp3) is 0.375. The topological polar surface area (TPSA) is 76.1 Å². The van der Waals surface area contributed by atoms with Gasteiger partial charge in [-0.15, -0.1) is 0 Å². The van der Waals surface area contributed by atoms with Crippen molar-refractivity contribution in [1.82, 2.24) is 0 Å². The third kappa shape index (κ3) is 1.58. The van der Waals surface area contributed by atoms with Gasteiger partial charge in [0.15, 0.2) is 0 Å². The standard InChI is InChI=1S/C16H15NO5/c1-21-10-4-2-9(3-5-10)17-8-16-7-6-11(22-16)12(15(19)20)13(16)14(17)18/h2-7,11-13H,8H2,1H3,(H,19,20)/t11-,12+,13+,16-/m1/s1. The summed E-state index contributed by atoms with van der Waals surface area (Å²) in [5, 5.41) is 9.42. The van der Waals surface area contributed by atoms with E-state index in [0.29, 0.717) is 12.3 Å². The van der Waals surface area contributed by atoms with Crippen LogP contribution >= 0.6 is 0 Å². The van der Waals surface area contributed by atoms with Crippen LogP contribution in [-0.4, -0.2) is 42.3 Å². The van der Waals surface area contributed by atoms with Crippen molar-refractivity contribution >= 4 is 17.6 Å². The van der Waals surface area contributed by atoms with Crippen LogP contribution in [0.2, 0.25) is 0 Å². The second-order valence-corrected chi connectivity index (χ2v) is 5.86. The predicted molar refractivity (Wildman–Crippen MR) is 76.7 cm³/mol. The molecule has 0 unspecified atom stereocenters. The molecule has 0 saturated carbocycles.